The normalized spacial score (nSPS) is 11.6. The van der Waals surface area contributed by atoms with E-state index in [4.69, 9.17) is 19.4 Å². The van der Waals surface area contributed by atoms with Crippen LogP contribution in [0, 0.1) is 0 Å². The van der Waals surface area contributed by atoms with E-state index in [0.29, 0.717) is 17.5 Å². The number of nitrogens with zero attached hydrogens (tertiary/aromatic N) is 3. The van der Waals surface area contributed by atoms with Crippen LogP contribution in [-0.2, 0) is 0 Å². The van der Waals surface area contributed by atoms with Gasteiger partial charge in [0.2, 0.25) is 0 Å². The molecule has 0 aliphatic heterocycles. The molecule has 0 amide bonds. The van der Waals surface area contributed by atoms with Crippen molar-refractivity contribution in [1.29, 1.82) is 0 Å². The molecule has 7 aromatic carbocycles. The van der Waals surface area contributed by atoms with E-state index in [-0.39, 0.29) is 0 Å². The van der Waals surface area contributed by atoms with Gasteiger partial charge in [-0.3, -0.25) is 0 Å². The van der Waals surface area contributed by atoms with Crippen LogP contribution >= 0.6 is 0 Å². The lowest BCUT2D eigenvalue weighted by Crippen LogP contribution is -2.00. The number of para-hydroxylation sites is 1. The van der Waals surface area contributed by atoms with Crippen LogP contribution < -0.4 is 0 Å². The van der Waals surface area contributed by atoms with Gasteiger partial charge in [-0.15, -0.1) is 0 Å². The Bertz CT molecular complexity index is 2540. The Morgan fingerprint density at radius 2 is 0.933 bits per heavy atom. The van der Waals surface area contributed by atoms with Gasteiger partial charge >= 0.3 is 0 Å². The van der Waals surface area contributed by atoms with Crippen LogP contribution in [0.2, 0.25) is 0 Å². The average molecular weight is 576 g/mol. The van der Waals surface area contributed by atoms with Gasteiger partial charge in [-0.1, -0.05) is 133 Å². The summed E-state index contributed by atoms with van der Waals surface area (Å²) < 4.78 is 6.21. The van der Waals surface area contributed by atoms with Crippen molar-refractivity contribution in [3.8, 4) is 45.3 Å². The third-order valence-electron chi connectivity index (χ3n) is 8.53. The maximum atomic E-state index is 6.21. The summed E-state index contributed by atoms with van der Waals surface area (Å²) >= 11 is 0. The Labute approximate surface area is 259 Å². The Morgan fingerprint density at radius 1 is 0.356 bits per heavy atom. The third-order valence-corrected chi connectivity index (χ3v) is 8.53. The van der Waals surface area contributed by atoms with Gasteiger partial charge in [0, 0.05) is 27.5 Å². The summed E-state index contributed by atoms with van der Waals surface area (Å²) in [5.74, 6) is 1.86. The van der Waals surface area contributed by atoms with Crippen molar-refractivity contribution in [2.45, 2.75) is 0 Å². The van der Waals surface area contributed by atoms with Gasteiger partial charge in [-0.25, -0.2) is 15.0 Å². The maximum absolute atomic E-state index is 6.21. The summed E-state index contributed by atoms with van der Waals surface area (Å²) in [6, 6.07) is 52.3. The summed E-state index contributed by atoms with van der Waals surface area (Å²) in [4.78, 5) is 15.2. The molecule has 0 radical (unpaired) electrons. The molecule has 0 unspecified atom stereocenters. The minimum Gasteiger partial charge on any atom is -0.456 e. The Hall–Kier alpha value is -6.13. The topological polar surface area (TPSA) is 51.8 Å². The second kappa shape index (κ2) is 10.2. The van der Waals surface area contributed by atoms with Crippen molar-refractivity contribution in [3.05, 3.63) is 152 Å². The molecule has 0 fully saturated rings. The molecule has 9 rings (SSSR count). The van der Waals surface area contributed by atoms with E-state index in [9.17, 15) is 0 Å². The molecule has 0 spiro atoms. The number of benzene rings is 7. The molecule has 45 heavy (non-hydrogen) atoms. The van der Waals surface area contributed by atoms with Crippen LogP contribution in [0.25, 0.3) is 88.8 Å². The molecule has 0 aliphatic rings. The average Bonchev–Trinajstić information content (AvgIpc) is 3.50. The number of furan rings is 1. The molecule has 0 saturated heterocycles. The number of hydrogen-bond acceptors (Lipinski definition) is 4. The van der Waals surface area contributed by atoms with Gasteiger partial charge in [0.1, 0.15) is 11.2 Å². The Kier molecular flexibility index (Phi) is 5.78. The van der Waals surface area contributed by atoms with E-state index >= 15 is 0 Å². The van der Waals surface area contributed by atoms with Crippen LogP contribution in [0.3, 0.4) is 0 Å². The highest BCUT2D eigenvalue weighted by molar-refractivity contribution is 6.11. The van der Waals surface area contributed by atoms with Crippen molar-refractivity contribution in [1.82, 2.24) is 15.0 Å². The van der Waals surface area contributed by atoms with Gasteiger partial charge in [-0.2, -0.15) is 0 Å². The predicted molar refractivity (Wildman–Crippen MR) is 184 cm³/mol. The maximum Gasteiger partial charge on any atom is 0.164 e. The number of fused-ring (bicyclic) bond motifs is 5. The standard InChI is InChI=1S/C41H25N3O/c1-2-11-30-25-31(24-19-26(30)9-1)40-42-39(29-22-20-28(21-23-29)33-15-7-12-27-10-3-4-13-32(27)33)43-41(44-40)35-16-8-18-37-38(35)34-14-5-6-17-36(34)45-37/h1-25H. The second-order valence-electron chi connectivity index (χ2n) is 11.2. The molecule has 2 aromatic heterocycles. The SMILES string of the molecule is c1ccc2cc(-c3nc(-c4ccc(-c5cccc6ccccc56)cc4)nc(-c4cccc5oc6ccccc6c45)n3)ccc2c1. The third kappa shape index (κ3) is 4.35. The van der Waals surface area contributed by atoms with E-state index in [2.05, 4.69) is 121 Å². The molecule has 4 heteroatoms. The van der Waals surface area contributed by atoms with Gasteiger partial charge in [0.25, 0.3) is 0 Å². The molecule has 4 nitrogen and oxygen atoms in total. The van der Waals surface area contributed by atoms with E-state index in [1.54, 1.807) is 0 Å². The van der Waals surface area contributed by atoms with E-state index in [1.807, 2.05) is 30.3 Å². The first-order valence-electron chi connectivity index (χ1n) is 15.0. The zero-order valence-electron chi connectivity index (χ0n) is 24.2. The molecule has 9 aromatic rings. The van der Waals surface area contributed by atoms with Gasteiger partial charge in [0.15, 0.2) is 17.5 Å². The zero-order valence-corrected chi connectivity index (χ0v) is 24.2. The summed E-state index contributed by atoms with van der Waals surface area (Å²) in [7, 11) is 0. The lowest BCUT2D eigenvalue weighted by molar-refractivity contribution is 0.669. The van der Waals surface area contributed by atoms with Crippen LogP contribution in [0.1, 0.15) is 0 Å². The smallest absolute Gasteiger partial charge is 0.164 e. The van der Waals surface area contributed by atoms with E-state index in [0.717, 1.165) is 49.6 Å². The second-order valence-corrected chi connectivity index (χ2v) is 11.2. The largest absolute Gasteiger partial charge is 0.456 e. The molecule has 210 valence electrons. The summed E-state index contributed by atoms with van der Waals surface area (Å²) in [6.45, 7) is 0. The molecular formula is C41H25N3O. The van der Waals surface area contributed by atoms with Crippen LogP contribution in [0.4, 0.5) is 0 Å². The molecule has 0 N–H and O–H groups in total. The molecule has 0 saturated carbocycles. The van der Waals surface area contributed by atoms with Crippen LogP contribution in [0.15, 0.2) is 156 Å². The Morgan fingerprint density at radius 3 is 1.80 bits per heavy atom. The highest BCUT2D eigenvalue weighted by Crippen LogP contribution is 2.37. The lowest BCUT2D eigenvalue weighted by Gasteiger charge is -2.11. The monoisotopic (exact) mass is 575 g/mol. The molecule has 2 heterocycles. The fourth-order valence-electron chi connectivity index (χ4n) is 6.32. The molecular weight excluding hydrogens is 550 g/mol. The first-order chi connectivity index (χ1) is 22.3. The highest BCUT2D eigenvalue weighted by atomic mass is 16.3. The quantitative estimate of drug-likeness (QED) is 0.209. The predicted octanol–water partition coefficient (Wildman–Crippen LogP) is 10.7. The summed E-state index contributed by atoms with van der Waals surface area (Å²) in [5, 5.41) is 6.81. The lowest BCUT2D eigenvalue weighted by atomic mass is 9.97. The first kappa shape index (κ1) is 25.4. The number of aromatic nitrogens is 3. The minimum atomic E-state index is 0.610. The number of hydrogen-bond donors (Lipinski definition) is 0. The Balaban J connectivity index is 1.23. The van der Waals surface area contributed by atoms with Crippen molar-refractivity contribution < 1.29 is 4.42 Å². The first-order valence-corrected chi connectivity index (χ1v) is 15.0. The van der Waals surface area contributed by atoms with Crippen LogP contribution in [0.5, 0.6) is 0 Å². The van der Waals surface area contributed by atoms with Crippen molar-refractivity contribution in [2.75, 3.05) is 0 Å². The summed E-state index contributed by atoms with van der Waals surface area (Å²) in [5.41, 5.74) is 6.77. The molecule has 0 atom stereocenters. The van der Waals surface area contributed by atoms with Gasteiger partial charge in [0.05, 0.1) is 0 Å². The van der Waals surface area contributed by atoms with Crippen molar-refractivity contribution in [3.63, 3.8) is 0 Å². The number of rotatable bonds is 4. The van der Waals surface area contributed by atoms with Gasteiger partial charge in [-0.05, 0) is 50.9 Å². The zero-order chi connectivity index (χ0) is 29.7. The van der Waals surface area contributed by atoms with Crippen LogP contribution in [-0.4, -0.2) is 15.0 Å². The van der Waals surface area contributed by atoms with Crippen molar-refractivity contribution in [2.24, 2.45) is 0 Å². The van der Waals surface area contributed by atoms with E-state index < -0.39 is 0 Å². The van der Waals surface area contributed by atoms with Crippen molar-refractivity contribution >= 4 is 43.5 Å². The fourth-order valence-corrected chi connectivity index (χ4v) is 6.32. The minimum absolute atomic E-state index is 0.610. The molecule has 0 aliphatic carbocycles. The highest BCUT2D eigenvalue weighted by Gasteiger charge is 2.18. The van der Waals surface area contributed by atoms with Gasteiger partial charge < -0.3 is 4.42 Å². The summed E-state index contributed by atoms with van der Waals surface area (Å²) in [6.07, 6.45) is 0. The molecule has 0 bridgehead atoms. The van der Waals surface area contributed by atoms with E-state index in [1.165, 1.54) is 21.7 Å². The fraction of sp³-hybridized carbons (Fsp3) is 0.